The molecule has 0 bridgehead atoms. The minimum atomic E-state index is -0.439. The highest BCUT2D eigenvalue weighted by molar-refractivity contribution is 9.10. The Kier molecular flexibility index (Phi) is 8.30. The minimum absolute atomic E-state index is 0.439. The highest BCUT2D eigenvalue weighted by atomic mass is 79.9. The first-order valence-corrected chi connectivity index (χ1v) is 11.8. The Morgan fingerprint density at radius 2 is 1.82 bits per heavy atom. The number of benzene rings is 1. The third-order valence-corrected chi connectivity index (χ3v) is 6.90. The molecular formula is C22H33BrN2O2S. The van der Waals surface area contributed by atoms with E-state index in [0.717, 1.165) is 40.8 Å². The second-order valence-electron chi connectivity index (χ2n) is 7.81. The maximum Gasteiger partial charge on any atom is 0.168 e. The molecule has 2 unspecified atom stereocenters. The molecule has 1 saturated heterocycles. The Morgan fingerprint density at radius 1 is 1.18 bits per heavy atom. The van der Waals surface area contributed by atoms with Crippen LogP contribution in [-0.4, -0.2) is 54.6 Å². The van der Waals surface area contributed by atoms with Crippen LogP contribution in [0.2, 0.25) is 0 Å². The summed E-state index contributed by atoms with van der Waals surface area (Å²) in [5.41, 5.74) is 1.06. The van der Waals surface area contributed by atoms with E-state index in [1.54, 1.807) is 0 Å². The van der Waals surface area contributed by atoms with Gasteiger partial charge in [-0.2, -0.15) is 0 Å². The molecule has 1 heterocycles. The molecule has 0 aromatic heterocycles. The maximum absolute atomic E-state index is 6.15. The standard InChI is InChI=1S/C22H33BrN2O2S/c1-3-26-22(27-4-2)12-11-20(25-13-5-6-14-25)18(15-22)16-24-21(28)17-7-9-19(23)10-8-17/h7-10,18,20H,3-6,11-16H2,1-2H3,(H,24,28). The quantitative estimate of drug-likeness (QED) is 0.439. The molecule has 1 saturated carbocycles. The van der Waals surface area contributed by atoms with Gasteiger partial charge in [-0.25, -0.2) is 0 Å². The molecule has 2 fully saturated rings. The van der Waals surface area contributed by atoms with Crippen molar-refractivity contribution in [1.29, 1.82) is 0 Å². The summed E-state index contributed by atoms with van der Waals surface area (Å²) in [5, 5.41) is 3.54. The van der Waals surface area contributed by atoms with Crippen molar-refractivity contribution in [2.75, 3.05) is 32.8 Å². The number of ether oxygens (including phenoxy) is 2. The van der Waals surface area contributed by atoms with Crippen molar-refractivity contribution >= 4 is 33.1 Å². The third kappa shape index (κ3) is 5.54. The van der Waals surface area contributed by atoms with E-state index in [1.165, 1.54) is 25.9 Å². The second-order valence-corrected chi connectivity index (χ2v) is 9.13. The average molecular weight is 469 g/mol. The van der Waals surface area contributed by atoms with Crippen LogP contribution >= 0.6 is 28.1 Å². The Bertz CT molecular complexity index is 628. The van der Waals surface area contributed by atoms with Gasteiger partial charge in [0.25, 0.3) is 0 Å². The Morgan fingerprint density at radius 3 is 2.43 bits per heavy atom. The summed E-state index contributed by atoms with van der Waals surface area (Å²) in [4.78, 5) is 3.49. The van der Waals surface area contributed by atoms with Gasteiger partial charge in [-0.15, -0.1) is 0 Å². The van der Waals surface area contributed by atoms with Gasteiger partial charge in [-0.05, 0) is 64.3 Å². The van der Waals surface area contributed by atoms with Crippen LogP contribution in [-0.2, 0) is 9.47 Å². The predicted octanol–water partition coefficient (Wildman–Crippen LogP) is 4.75. The van der Waals surface area contributed by atoms with Crippen molar-refractivity contribution in [3.63, 3.8) is 0 Å². The molecule has 2 atom stereocenters. The van der Waals surface area contributed by atoms with E-state index in [4.69, 9.17) is 21.7 Å². The van der Waals surface area contributed by atoms with Crippen LogP contribution in [0.5, 0.6) is 0 Å². The number of rotatable bonds is 8. The summed E-state index contributed by atoms with van der Waals surface area (Å²) in [7, 11) is 0. The van der Waals surface area contributed by atoms with Crippen molar-refractivity contribution in [3.8, 4) is 0 Å². The van der Waals surface area contributed by atoms with Crippen molar-refractivity contribution < 1.29 is 9.47 Å². The van der Waals surface area contributed by atoms with Gasteiger partial charge < -0.3 is 19.7 Å². The van der Waals surface area contributed by atoms with Gasteiger partial charge in [0, 0.05) is 48.7 Å². The van der Waals surface area contributed by atoms with Gasteiger partial charge in [0.15, 0.2) is 5.79 Å². The topological polar surface area (TPSA) is 33.7 Å². The molecule has 1 aliphatic heterocycles. The summed E-state index contributed by atoms with van der Waals surface area (Å²) >= 11 is 9.15. The molecule has 2 aliphatic rings. The van der Waals surface area contributed by atoms with E-state index in [0.29, 0.717) is 25.2 Å². The van der Waals surface area contributed by atoms with Crippen LogP contribution < -0.4 is 5.32 Å². The lowest BCUT2D eigenvalue weighted by atomic mass is 9.79. The average Bonchev–Trinajstić information content (AvgIpc) is 3.22. The molecule has 1 N–H and O–H groups in total. The van der Waals surface area contributed by atoms with Crippen molar-refractivity contribution in [2.24, 2.45) is 5.92 Å². The number of likely N-dealkylation sites (tertiary alicyclic amines) is 1. The molecule has 156 valence electrons. The molecule has 3 rings (SSSR count). The first-order chi connectivity index (χ1) is 13.6. The van der Waals surface area contributed by atoms with Gasteiger partial charge in [-0.1, -0.05) is 40.3 Å². The Balaban J connectivity index is 1.69. The zero-order valence-electron chi connectivity index (χ0n) is 17.1. The molecule has 4 nitrogen and oxygen atoms in total. The molecule has 1 aliphatic carbocycles. The summed E-state index contributed by atoms with van der Waals surface area (Å²) in [6.45, 7) is 8.78. The number of hydrogen-bond acceptors (Lipinski definition) is 4. The predicted molar refractivity (Wildman–Crippen MR) is 122 cm³/mol. The number of thiocarbonyl (C=S) groups is 1. The molecule has 6 heteroatoms. The smallest absolute Gasteiger partial charge is 0.168 e. The number of nitrogens with one attached hydrogen (secondary N) is 1. The van der Waals surface area contributed by atoms with E-state index >= 15 is 0 Å². The van der Waals surface area contributed by atoms with Crippen LogP contribution in [0.1, 0.15) is 51.5 Å². The van der Waals surface area contributed by atoms with Crippen LogP contribution in [0.4, 0.5) is 0 Å². The summed E-state index contributed by atoms with van der Waals surface area (Å²) in [5.74, 6) is 0.0176. The van der Waals surface area contributed by atoms with E-state index in [9.17, 15) is 0 Å². The number of halogens is 1. The maximum atomic E-state index is 6.15. The zero-order valence-corrected chi connectivity index (χ0v) is 19.5. The fourth-order valence-corrected chi connectivity index (χ4v) is 5.24. The van der Waals surface area contributed by atoms with E-state index in [-0.39, 0.29) is 0 Å². The molecule has 28 heavy (non-hydrogen) atoms. The van der Waals surface area contributed by atoms with Gasteiger partial charge in [0.05, 0.1) is 0 Å². The van der Waals surface area contributed by atoms with E-state index < -0.39 is 5.79 Å². The monoisotopic (exact) mass is 468 g/mol. The lowest BCUT2D eigenvalue weighted by Crippen LogP contribution is -2.53. The fraction of sp³-hybridized carbons (Fsp3) is 0.682. The van der Waals surface area contributed by atoms with Crippen LogP contribution in [0, 0.1) is 5.92 Å². The highest BCUT2D eigenvalue weighted by Gasteiger charge is 2.44. The van der Waals surface area contributed by atoms with Crippen molar-refractivity contribution in [1.82, 2.24) is 10.2 Å². The molecule has 0 amide bonds. The second kappa shape index (κ2) is 10.5. The van der Waals surface area contributed by atoms with Crippen LogP contribution in [0.15, 0.2) is 28.7 Å². The normalized spacial score (nSPS) is 25.0. The summed E-state index contributed by atoms with van der Waals surface area (Å²) < 4.78 is 13.4. The van der Waals surface area contributed by atoms with Crippen molar-refractivity contribution in [2.45, 2.75) is 57.8 Å². The first kappa shape index (κ1) is 22.2. The number of hydrogen-bond donors (Lipinski definition) is 1. The summed E-state index contributed by atoms with van der Waals surface area (Å²) in [6, 6.07) is 8.77. The van der Waals surface area contributed by atoms with Gasteiger partial charge in [0.1, 0.15) is 4.99 Å². The van der Waals surface area contributed by atoms with E-state index in [2.05, 4.69) is 52.1 Å². The van der Waals surface area contributed by atoms with Crippen LogP contribution in [0.3, 0.4) is 0 Å². The lowest BCUT2D eigenvalue weighted by molar-refractivity contribution is -0.260. The summed E-state index contributed by atoms with van der Waals surface area (Å²) in [6.07, 6.45) is 5.65. The third-order valence-electron chi connectivity index (χ3n) is 5.99. The Labute approximate surface area is 183 Å². The molecule has 1 aromatic carbocycles. The SMILES string of the molecule is CCOC1(OCC)CCC(N2CCCC2)C(CNC(=S)c2ccc(Br)cc2)C1. The molecule has 0 spiro atoms. The van der Waals surface area contributed by atoms with E-state index in [1.807, 2.05) is 12.1 Å². The lowest BCUT2D eigenvalue weighted by Gasteiger charge is -2.46. The van der Waals surface area contributed by atoms with Crippen molar-refractivity contribution in [3.05, 3.63) is 34.3 Å². The fourth-order valence-electron chi connectivity index (χ4n) is 4.76. The minimum Gasteiger partial charge on any atom is -0.375 e. The number of nitrogens with zero attached hydrogens (tertiary/aromatic N) is 1. The first-order valence-electron chi connectivity index (χ1n) is 10.6. The highest BCUT2D eigenvalue weighted by Crippen LogP contribution is 2.39. The molecule has 1 aromatic rings. The molecule has 0 radical (unpaired) electrons. The van der Waals surface area contributed by atoms with Gasteiger partial charge in [0.2, 0.25) is 0 Å². The van der Waals surface area contributed by atoms with Gasteiger partial charge >= 0.3 is 0 Å². The zero-order chi connectivity index (χ0) is 20.0. The van der Waals surface area contributed by atoms with Gasteiger partial charge in [-0.3, -0.25) is 0 Å². The molecular weight excluding hydrogens is 436 g/mol. The largest absolute Gasteiger partial charge is 0.375 e. The Hall–Kier alpha value is -0.530. The van der Waals surface area contributed by atoms with Crippen LogP contribution in [0.25, 0.3) is 0 Å².